The van der Waals surface area contributed by atoms with Crippen molar-refractivity contribution >= 4 is 22.6 Å². The fourth-order valence-corrected chi connectivity index (χ4v) is 1.70. The standard InChI is InChI=1S/C10H10IN3/c1-7-3-9(5-12-4-7)14-6-13-10(11)8(14)2/h3-6H,1-2H3. The average molecular weight is 299 g/mol. The van der Waals surface area contributed by atoms with Crippen LogP contribution in [0.1, 0.15) is 11.3 Å². The number of pyridine rings is 1. The number of hydrogen-bond donors (Lipinski definition) is 0. The summed E-state index contributed by atoms with van der Waals surface area (Å²) in [5, 5.41) is 0. The Morgan fingerprint density at radius 1 is 1.29 bits per heavy atom. The van der Waals surface area contributed by atoms with Gasteiger partial charge in [-0.2, -0.15) is 0 Å². The van der Waals surface area contributed by atoms with Crippen LogP contribution in [0.3, 0.4) is 0 Å². The molecule has 3 nitrogen and oxygen atoms in total. The van der Waals surface area contributed by atoms with Crippen LogP contribution in [0.15, 0.2) is 24.8 Å². The smallest absolute Gasteiger partial charge is 0.122 e. The van der Waals surface area contributed by atoms with Crippen molar-refractivity contribution in [3.05, 3.63) is 39.7 Å². The highest BCUT2D eigenvalue weighted by atomic mass is 127. The van der Waals surface area contributed by atoms with Gasteiger partial charge in [0.2, 0.25) is 0 Å². The molecule has 2 heterocycles. The molecule has 14 heavy (non-hydrogen) atoms. The van der Waals surface area contributed by atoms with E-state index in [-0.39, 0.29) is 0 Å². The second kappa shape index (κ2) is 3.68. The SMILES string of the molecule is Cc1cncc(-n2cnc(I)c2C)c1. The van der Waals surface area contributed by atoms with Gasteiger partial charge in [0.05, 0.1) is 17.6 Å². The normalized spacial score (nSPS) is 10.5. The zero-order valence-corrected chi connectivity index (χ0v) is 10.2. The Labute approximate surface area is 96.3 Å². The summed E-state index contributed by atoms with van der Waals surface area (Å²) in [6.07, 6.45) is 5.52. The lowest BCUT2D eigenvalue weighted by Gasteiger charge is -2.04. The lowest BCUT2D eigenvalue weighted by Crippen LogP contribution is -1.96. The number of hydrogen-bond acceptors (Lipinski definition) is 2. The topological polar surface area (TPSA) is 30.7 Å². The molecule has 0 saturated heterocycles. The fraction of sp³-hybridized carbons (Fsp3) is 0.200. The monoisotopic (exact) mass is 299 g/mol. The first kappa shape index (κ1) is 9.64. The van der Waals surface area contributed by atoms with Crippen LogP contribution in [0.25, 0.3) is 5.69 Å². The Morgan fingerprint density at radius 2 is 2.07 bits per heavy atom. The van der Waals surface area contributed by atoms with Crippen molar-refractivity contribution in [1.82, 2.24) is 14.5 Å². The predicted octanol–water partition coefficient (Wildman–Crippen LogP) is 2.49. The predicted molar refractivity (Wildman–Crippen MR) is 63.6 cm³/mol. The van der Waals surface area contributed by atoms with E-state index in [4.69, 9.17) is 0 Å². The molecule has 0 amide bonds. The van der Waals surface area contributed by atoms with Gasteiger partial charge in [0.25, 0.3) is 0 Å². The van der Waals surface area contributed by atoms with Gasteiger partial charge in [0.1, 0.15) is 10.0 Å². The Balaban J connectivity index is 2.55. The van der Waals surface area contributed by atoms with Crippen molar-refractivity contribution in [1.29, 1.82) is 0 Å². The molecule has 4 heteroatoms. The summed E-state index contributed by atoms with van der Waals surface area (Å²) < 4.78 is 3.08. The highest BCUT2D eigenvalue weighted by Gasteiger charge is 2.04. The summed E-state index contributed by atoms with van der Waals surface area (Å²) >= 11 is 2.23. The molecule has 0 aliphatic carbocycles. The highest BCUT2D eigenvalue weighted by Crippen LogP contribution is 2.15. The third kappa shape index (κ3) is 1.66. The van der Waals surface area contributed by atoms with E-state index < -0.39 is 0 Å². The summed E-state index contributed by atoms with van der Waals surface area (Å²) in [5.74, 6) is 0. The van der Waals surface area contributed by atoms with Crippen molar-refractivity contribution in [2.24, 2.45) is 0 Å². The van der Waals surface area contributed by atoms with E-state index in [2.05, 4.69) is 45.5 Å². The number of aromatic nitrogens is 3. The first-order valence-corrected chi connectivity index (χ1v) is 5.38. The summed E-state index contributed by atoms with van der Waals surface area (Å²) in [5.41, 5.74) is 3.38. The molecule has 0 N–H and O–H groups in total. The van der Waals surface area contributed by atoms with Crippen LogP contribution in [-0.4, -0.2) is 14.5 Å². The quantitative estimate of drug-likeness (QED) is 0.757. The molecule has 0 unspecified atom stereocenters. The number of nitrogens with zero attached hydrogens (tertiary/aromatic N) is 3. The highest BCUT2D eigenvalue weighted by molar-refractivity contribution is 14.1. The number of imidazole rings is 1. The molecule has 2 aromatic heterocycles. The minimum atomic E-state index is 1.03. The lowest BCUT2D eigenvalue weighted by atomic mass is 10.3. The van der Waals surface area contributed by atoms with Crippen molar-refractivity contribution < 1.29 is 0 Å². The second-order valence-corrected chi connectivity index (χ2v) is 4.23. The van der Waals surface area contributed by atoms with Gasteiger partial charge in [-0.3, -0.25) is 4.98 Å². The van der Waals surface area contributed by atoms with Crippen molar-refractivity contribution in [3.8, 4) is 5.69 Å². The van der Waals surface area contributed by atoms with Crippen molar-refractivity contribution in [3.63, 3.8) is 0 Å². The summed E-state index contributed by atoms with van der Waals surface area (Å²) in [4.78, 5) is 8.40. The van der Waals surface area contributed by atoms with E-state index in [0.29, 0.717) is 0 Å². The molecule has 0 aromatic carbocycles. The van der Waals surface area contributed by atoms with E-state index in [1.165, 1.54) is 0 Å². The minimum Gasteiger partial charge on any atom is -0.301 e. The molecule has 72 valence electrons. The molecule has 0 spiro atoms. The van der Waals surface area contributed by atoms with Gasteiger partial charge in [-0.15, -0.1) is 0 Å². The van der Waals surface area contributed by atoms with Crippen LogP contribution >= 0.6 is 22.6 Å². The average Bonchev–Trinajstić information content (AvgIpc) is 2.48. The van der Waals surface area contributed by atoms with Crippen LogP contribution in [0.2, 0.25) is 0 Å². The Bertz CT molecular complexity index is 462. The van der Waals surface area contributed by atoms with E-state index in [1.54, 1.807) is 0 Å². The second-order valence-electron chi connectivity index (χ2n) is 3.21. The Kier molecular flexibility index (Phi) is 2.54. The molecule has 0 saturated carbocycles. The zero-order valence-electron chi connectivity index (χ0n) is 8.03. The lowest BCUT2D eigenvalue weighted by molar-refractivity contribution is 0.985. The van der Waals surface area contributed by atoms with Crippen LogP contribution in [0.4, 0.5) is 0 Å². The van der Waals surface area contributed by atoms with Gasteiger partial charge in [0, 0.05) is 6.20 Å². The van der Waals surface area contributed by atoms with E-state index in [1.807, 2.05) is 30.2 Å². The number of halogens is 1. The largest absolute Gasteiger partial charge is 0.301 e. The zero-order chi connectivity index (χ0) is 10.1. The minimum absolute atomic E-state index is 1.03. The van der Waals surface area contributed by atoms with E-state index in [0.717, 1.165) is 20.6 Å². The van der Waals surface area contributed by atoms with Crippen LogP contribution in [0.5, 0.6) is 0 Å². The third-order valence-electron chi connectivity index (χ3n) is 2.09. The van der Waals surface area contributed by atoms with E-state index in [9.17, 15) is 0 Å². The van der Waals surface area contributed by atoms with Gasteiger partial charge in [0.15, 0.2) is 0 Å². The molecule has 0 bridgehead atoms. The van der Waals surface area contributed by atoms with E-state index >= 15 is 0 Å². The fourth-order valence-electron chi connectivity index (χ4n) is 1.32. The molecule has 0 atom stereocenters. The van der Waals surface area contributed by atoms with Gasteiger partial charge >= 0.3 is 0 Å². The molecular weight excluding hydrogens is 289 g/mol. The maximum atomic E-state index is 4.24. The first-order valence-electron chi connectivity index (χ1n) is 4.30. The Hall–Kier alpha value is -0.910. The van der Waals surface area contributed by atoms with Gasteiger partial charge in [-0.25, -0.2) is 4.98 Å². The van der Waals surface area contributed by atoms with Crippen molar-refractivity contribution in [2.45, 2.75) is 13.8 Å². The van der Waals surface area contributed by atoms with Crippen molar-refractivity contribution in [2.75, 3.05) is 0 Å². The number of aryl methyl sites for hydroxylation is 1. The van der Waals surface area contributed by atoms with Gasteiger partial charge < -0.3 is 4.57 Å². The summed E-state index contributed by atoms with van der Waals surface area (Å²) in [6.45, 7) is 4.09. The van der Waals surface area contributed by atoms with Gasteiger partial charge in [-0.05, 0) is 48.1 Å². The third-order valence-corrected chi connectivity index (χ3v) is 3.14. The summed E-state index contributed by atoms with van der Waals surface area (Å²) in [6, 6.07) is 2.09. The van der Waals surface area contributed by atoms with Gasteiger partial charge in [-0.1, -0.05) is 0 Å². The molecule has 0 fully saturated rings. The molecule has 0 radical (unpaired) electrons. The maximum Gasteiger partial charge on any atom is 0.122 e. The number of rotatable bonds is 1. The first-order chi connectivity index (χ1) is 6.68. The van der Waals surface area contributed by atoms with Crippen LogP contribution < -0.4 is 0 Å². The van der Waals surface area contributed by atoms with Crippen LogP contribution in [-0.2, 0) is 0 Å². The Morgan fingerprint density at radius 3 is 2.64 bits per heavy atom. The molecular formula is C10H10IN3. The molecule has 2 aromatic rings. The summed E-state index contributed by atoms with van der Waals surface area (Å²) in [7, 11) is 0. The molecule has 0 aliphatic rings. The molecule has 2 rings (SSSR count). The van der Waals surface area contributed by atoms with Crippen LogP contribution in [0, 0.1) is 17.5 Å². The molecule has 0 aliphatic heterocycles. The maximum absolute atomic E-state index is 4.24.